The average molecular weight is 294 g/mol. The molecule has 0 spiro atoms. The van der Waals surface area contributed by atoms with Crippen LogP contribution < -0.4 is 5.32 Å². The lowest BCUT2D eigenvalue weighted by molar-refractivity contribution is -0.150. The van der Waals surface area contributed by atoms with Crippen molar-refractivity contribution in [2.75, 3.05) is 20.1 Å². The summed E-state index contributed by atoms with van der Waals surface area (Å²) in [5, 5.41) is 3.44. The van der Waals surface area contributed by atoms with Crippen molar-refractivity contribution in [1.29, 1.82) is 0 Å². The fourth-order valence-electron chi connectivity index (χ4n) is 3.24. The van der Waals surface area contributed by atoms with E-state index in [0.29, 0.717) is 11.8 Å². The normalized spacial score (nSPS) is 28.4. The molecular weight excluding hydrogens is 265 g/mol. The number of nitrogens with zero attached hydrogens (tertiary/aromatic N) is 1. The highest BCUT2D eigenvalue weighted by atomic mass is 19.4. The standard InChI is InChI=1S/C15H29F3N2/c1-5-8-19-13-7-6-12(11(2)3)9-14(13)20(4)10-15(16,17)18/h11-14,19H,5-10H2,1-4H3. The first-order valence-corrected chi connectivity index (χ1v) is 7.75. The molecule has 1 aliphatic carbocycles. The summed E-state index contributed by atoms with van der Waals surface area (Å²) in [6, 6.07) is 0.182. The van der Waals surface area contributed by atoms with Gasteiger partial charge in [0, 0.05) is 12.1 Å². The first kappa shape index (κ1) is 17.8. The lowest BCUT2D eigenvalue weighted by atomic mass is 9.76. The quantitative estimate of drug-likeness (QED) is 0.804. The van der Waals surface area contributed by atoms with Gasteiger partial charge in [-0.15, -0.1) is 0 Å². The Morgan fingerprint density at radius 2 is 1.90 bits per heavy atom. The molecule has 0 radical (unpaired) electrons. The third-order valence-corrected chi connectivity index (χ3v) is 4.45. The van der Waals surface area contributed by atoms with Crippen molar-refractivity contribution >= 4 is 0 Å². The molecule has 1 rings (SSSR count). The Labute approximate surface area is 121 Å². The molecule has 2 nitrogen and oxygen atoms in total. The van der Waals surface area contributed by atoms with Crippen LogP contribution in [0.15, 0.2) is 0 Å². The predicted molar refractivity (Wildman–Crippen MR) is 76.7 cm³/mol. The zero-order valence-corrected chi connectivity index (χ0v) is 13.1. The summed E-state index contributed by atoms with van der Waals surface area (Å²) in [5.41, 5.74) is 0. The summed E-state index contributed by atoms with van der Waals surface area (Å²) < 4.78 is 37.9. The van der Waals surface area contributed by atoms with E-state index in [-0.39, 0.29) is 12.1 Å². The molecule has 1 aliphatic rings. The smallest absolute Gasteiger partial charge is 0.312 e. The summed E-state index contributed by atoms with van der Waals surface area (Å²) in [6.45, 7) is 6.50. The third kappa shape index (κ3) is 5.60. The molecule has 1 fully saturated rings. The molecule has 0 amide bonds. The number of hydrogen-bond acceptors (Lipinski definition) is 2. The Balaban J connectivity index is 2.70. The van der Waals surface area contributed by atoms with Gasteiger partial charge in [-0.25, -0.2) is 0 Å². The van der Waals surface area contributed by atoms with E-state index in [1.807, 2.05) is 0 Å². The second-order valence-corrected chi connectivity index (χ2v) is 6.48. The van der Waals surface area contributed by atoms with Gasteiger partial charge in [-0.2, -0.15) is 13.2 Å². The highest BCUT2D eigenvalue weighted by Gasteiger charge is 2.38. The molecule has 0 aromatic rings. The summed E-state index contributed by atoms with van der Waals surface area (Å²) in [7, 11) is 1.61. The number of nitrogens with one attached hydrogen (secondary N) is 1. The van der Waals surface area contributed by atoms with E-state index in [2.05, 4.69) is 26.1 Å². The monoisotopic (exact) mass is 294 g/mol. The van der Waals surface area contributed by atoms with Gasteiger partial charge in [0.05, 0.1) is 6.54 Å². The van der Waals surface area contributed by atoms with Gasteiger partial charge in [-0.05, 0) is 51.1 Å². The maximum Gasteiger partial charge on any atom is 0.401 e. The fraction of sp³-hybridized carbons (Fsp3) is 1.00. The number of alkyl halides is 3. The predicted octanol–water partition coefficient (Wildman–Crippen LogP) is 3.67. The molecule has 0 aromatic heterocycles. The SMILES string of the molecule is CCCNC1CCC(C(C)C)CC1N(C)CC(F)(F)F. The van der Waals surface area contributed by atoms with Crippen LogP contribution in [-0.4, -0.2) is 43.3 Å². The van der Waals surface area contributed by atoms with E-state index in [4.69, 9.17) is 0 Å². The van der Waals surface area contributed by atoms with Crippen molar-refractivity contribution in [2.45, 2.75) is 64.7 Å². The molecule has 5 heteroatoms. The Bertz CT molecular complexity index is 279. The molecule has 3 unspecified atom stereocenters. The van der Waals surface area contributed by atoms with E-state index >= 15 is 0 Å². The molecule has 0 bridgehead atoms. The molecule has 20 heavy (non-hydrogen) atoms. The molecule has 120 valence electrons. The van der Waals surface area contributed by atoms with Crippen molar-refractivity contribution in [3.05, 3.63) is 0 Å². The van der Waals surface area contributed by atoms with Gasteiger partial charge in [0.2, 0.25) is 0 Å². The Hall–Kier alpha value is -0.290. The zero-order chi connectivity index (χ0) is 15.3. The van der Waals surface area contributed by atoms with E-state index in [0.717, 1.165) is 32.2 Å². The molecule has 0 aliphatic heterocycles. The first-order valence-electron chi connectivity index (χ1n) is 7.75. The molecule has 1 saturated carbocycles. The summed E-state index contributed by atoms with van der Waals surface area (Å²) in [5.74, 6) is 1.08. The van der Waals surface area contributed by atoms with Gasteiger partial charge in [0.1, 0.15) is 0 Å². The van der Waals surface area contributed by atoms with Crippen molar-refractivity contribution in [1.82, 2.24) is 10.2 Å². The highest BCUT2D eigenvalue weighted by Crippen LogP contribution is 2.33. The van der Waals surface area contributed by atoms with Crippen LogP contribution in [0.1, 0.15) is 46.5 Å². The summed E-state index contributed by atoms with van der Waals surface area (Å²) >= 11 is 0. The first-order chi connectivity index (χ1) is 9.24. The van der Waals surface area contributed by atoms with Gasteiger partial charge in [0.15, 0.2) is 0 Å². The second-order valence-electron chi connectivity index (χ2n) is 6.48. The van der Waals surface area contributed by atoms with Crippen LogP contribution in [0.5, 0.6) is 0 Å². The minimum atomic E-state index is -4.12. The Kier molecular flexibility index (Phi) is 6.79. The number of rotatable bonds is 6. The number of likely N-dealkylation sites (N-methyl/N-ethyl adjacent to an activating group) is 1. The lowest BCUT2D eigenvalue weighted by Crippen LogP contribution is -2.54. The minimum Gasteiger partial charge on any atom is -0.312 e. The third-order valence-electron chi connectivity index (χ3n) is 4.45. The van der Waals surface area contributed by atoms with Gasteiger partial charge < -0.3 is 5.32 Å². The van der Waals surface area contributed by atoms with Crippen LogP contribution in [-0.2, 0) is 0 Å². The van der Waals surface area contributed by atoms with Crippen molar-refractivity contribution in [3.8, 4) is 0 Å². The van der Waals surface area contributed by atoms with Gasteiger partial charge in [-0.3, -0.25) is 4.90 Å². The maximum absolute atomic E-state index is 12.6. The largest absolute Gasteiger partial charge is 0.401 e. The van der Waals surface area contributed by atoms with Crippen LogP contribution in [0.4, 0.5) is 13.2 Å². The van der Waals surface area contributed by atoms with E-state index < -0.39 is 12.7 Å². The molecule has 1 N–H and O–H groups in total. The number of hydrogen-bond donors (Lipinski definition) is 1. The molecule has 3 atom stereocenters. The van der Waals surface area contributed by atoms with Crippen LogP contribution in [0.2, 0.25) is 0 Å². The van der Waals surface area contributed by atoms with E-state index in [9.17, 15) is 13.2 Å². The summed E-state index contributed by atoms with van der Waals surface area (Å²) in [4.78, 5) is 1.50. The van der Waals surface area contributed by atoms with Crippen LogP contribution in [0.25, 0.3) is 0 Å². The molecular formula is C15H29F3N2. The second kappa shape index (κ2) is 7.64. The van der Waals surface area contributed by atoms with Crippen LogP contribution in [0.3, 0.4) is 0 Å². The van der Waals surface area contributed by atoms with E-state index in [1.54, 1.807) is 7.05 Å². The molecule has 0 heterocycles. The Morgan fingerprint density at radius 3 is 2.40 bits per heavy atom. The maximum atomic E-state index is 12.6. The van der Waals surface area contributed by atoms with E-state index in [1.165, 1.54) is 4.90 Å². The summed E-state index contributed by atoms with van der Waals surface area (Å²) in [6.07, 6.45) is -0.134. The fourth-order valence-corrected chi connectivity index (χ4v) is 3.24. The van der Waals surface area contributed by atoms with Gasteiger partial charge >= 0.3 is 6.18 Å². The topological polar surface area (TPSA) is 15.3 Å². The average Bonchev–Trinajstić information content (AvgIpc) is 2.33. The highest BCUT2D eigenvalue weighted by molar-refractivity contribution is 4.91. The van der Waals surface area contributed by atoms with Crippen LogP contribution in [0, 0.1) is 11.8 Å². The van der Waals surface area contributed by atoms with Crippen molar-refractivity contribution in [3.63, 3.8) is 0 Å². The lowest BCUT2D eigenvalue weighted by Gasteiger charge is -2.43. The molecule has 0 aromatic carbocycles. The van der Waals surface area contributed by atoms with Gasteiger partial charge in [-0.1, -0.05) is 20.8 Å². The van der Waals surface area contributed by atoms with Crippen molar-refractivity contribution in [2.24, 2.45) is 11.8 Å². The van der Waals surface area contributed by atoms with Crippen molar-refractivity contribution < 1.29 is 13.2 Å². The zero-order valence-electron chi connectivity index (χ0n) is 13.1. The minimum absolute atomic E-state index is 0.00988. The van der Waals surface area contributed by atoms with Crippen LogP contribution >= 0.6 is 0 Å². The molecule has 0 saturated heterocycles. The number of halogens is 3. The van der Waals surface area contributed by atoms with Gasteiger partial charge in [0.25, 0.3) is 0 Å². The Morgan fingerprint density at radius 1 is 1.25 bits per heavy atom.